The minimum absolute atomic E-state index is 0.144. The van der Waals surface area contributed by atoms with E-state index >= 15 is 0 Å². The quantitative estimate of drug-likeness (QED) is 0.469. The van der Waals surface area contributed by atoms with Gasteiger partial charge in [-0.3, -0.25) is 0 Å². The average molecular weight is 386 g/mol. The summed E-state index contributed by atoms with van der Waals surface area (Å²) in [5, 5.41) is 8.88. The van der Waals surface area contributed by atoms with Gasteiger partial charge in [0.2, 0.25) is 0 Å². The Hall–Kier alpha value is -1.69. The van der Waals surface area contributed by atoms with Crippen molar-refractivity contribution in [2.24, 2.45) is 17.8 Å². The van der Waals surface area contributed by atoms with Gasteiger partial charge in [-0.1, -0.05) is 50.7 Å². The molecule has 0 bridgehead atoms. The second-order valence-electron chi connectivity index (χ2n) is 8.97. The molecule has 2 saturated carbocycles. The van der Waals surface area contributed by atoms with Gasteiger partial charge >= 0.3 is 0 Å². The molecule has 0 amide bonds. The number of hydrogen-bond acceptors (Lipinski definition) is 1. The predicted molar refractivity (Wildman–Crippen MR) is 110 cm³/mol. The second kappa shape index (κ2) is 10.7. The van der Waals surface area contributed by atoms with Crippen molar-refractivity contribution in [2.75, 3.05) is 0 Å². The number of hydrogen-bond donors (Lipinski definition) is 0. The molecule has 0 unspecified atom stereocenters. The molecule has 0 heterocycles. The molecule has 3 heteroatoms. The van der Waals surface area contributed by atoms with Crippen molar-refractivity contribution in [2.45, 2.75) is 83.0 Å². The normalized spacial score (nSPS) is 28.3. The summed E-state index contributed by atoms with van der Waals surface area (Å²) in [5.74, 6) is 2.59. The maximum Gasteiger partial charge on any atom is 0.141 e. The third-order valence-electron chi connectivity index (χ3n) is 7.21. The van der Waals surface area contributed by atoms with Crippen LogP contribution < -0.4 is 0 Å². The summed E-state index contributed by atoms with van der Waals surface area (Å²) < 4.78 is 25.9. The smallest absolute Gasteiger partial charge is 0.141 e. The number of nitrogens with zero attached hydrogens (tertiary/aromatic N) is 1. The Bertz CT molecular complexity index is 674. The molecule has 0 radical (unpaired) electrons. The highest BCUT2D eigenvalue weighted by molar-refractivity contribution is 5.34. The highest BCUT2D eigenvalue weighted by Crippen LogP contribution is 2.40. The van der Waals surface area contributed by atoms with E-state index in [9.17, 15) is 8.78 Å². The van der Waals surface area contributed by atoms with E-state index < -0.39 is 0 Å². The molecule has 1 aromatic rings. The van der Waals surface area contributed by atoms with Crippen molar-refractivity contribution in [3.05, 3.63) is 47.5 Å². The van der Waals surface area contributed by atoms with Gasteiger partial charge in [0.1, 0.15) is 11.9 Å². The molecule has 0 aliphatic heterocycles. The largest absolute Gasteiger partial charge is 0.216 e. The van der Waals surface area contributed by atoms with Gasteiger partial charge in [0.25, 0.3) is 0 Å². The van der Waals surface area contributed by atoms with E-state index in [1.807, 2.05) is 12.1 Å². The molecule has 1 nitrogen and oxygen atoms in total. The molecule has 1 aromatic carbocycles. The summed E-state index contributed by atoms with van der Waals surface area (Å²) in [7, 11) is 0. The lowest BCUT2D eigenvalue weighted by molar-refractivity contribution is 0.225. The van der Waals surface area contributed by atoms with Gasteiger partial charge in [0.15, 0.2) is 0 Å². The molecule has 0 spiro atoms. The Balaban J connectivity index is 1.35. The molecule has 2 aliphatic carbocycles. The van der Waals surface area contributed by atoms with Crippen molar-refractivity contribution in [3.63, 3.8) is 0 Å². The predicted octanol–water partition coefficient (Wildman–Crippen LogP) is 7.82. The third-order valence-corrected chi connectivity index (χ3v) is 7.21. The van der Waals surface area contributed by atoms with Crippen LogP contribution in [0.2, 0.25) is 0 Å². The number of benzene rings is 1. The zero-order valence-corrected chi connectivity index (χ0v) is 16.9. The molecule has 152 valence electrons. The molecule has 0 aromatic heterocycles. The monoisotopic (exact) mass is 385 g/mol. The molecular weight excluding hydrogens is 352 g/mol. The highest BCUT2D eigenvalue weighted by Gasteiger charge is 2.25. The molecule has 0 atom stereocenters. The van der Waals surface area contributed by atoms with Crippen LogP contribution in [0, 0.1) is 34.9 Å². The van der Waals surface area contributed by atoms with Crippen LogP contribution in [-0.2, 0) is 0 Å². The first kappa shape index (κ1) is 21.0. The Morgan fingerprint density at radius 2 is 1.46 bits per heavy atom. The molecule has 28 heavy (non-hydrogen) atoms. The molecular formula is C25H33F2N. The molecule has 2 fully saturated rings. The highest BCUT2D eigenvalue weighted by atomic mass is 19.1. The van der Waals surface area contributed by atoms with Gasteiger partial charge in [-0.05, 0) is 79.9 Å². The molecule has 2 aliphatic rings. The van der Waals surface area contributed by atoms with Crippen molar-refractivity contribution >= 4 is 0 Å². The van der Waals surface area contributed by atoms with Crippen LogP contribution in [0.15, 0.2) is 30.6 Å². The fourth-order valence-corrected chi connectivity index (χ4v) is 5.34. The Morgan fingerprint density at radius 3 is 2.00 bits per heavy atom. The van der Waals surface area contributed by atoms with Gasteiger partial charge in [-0.2, -0.15) is 5.26 Å². The van der Waals surface area contributed by atoms with Crippen LogP contribution in [0.3, 0.4) is 0 Å². The number of halogens is 2. The zero-order valence-electron chi connectivity index (χ0n) is 16.9. The lowest BCUT2D eigenvalue weighted by Gasteiger charge is -2.32. The van der Waals surface area contributed by atoms with Crippen molar-refractivity contribution < 1.29 is 8.78 Å². The first-order valence-electron chi connectivity index (χ1n) is 11.1. The molecule has 0 saturated heterocycles. The first-order valence-corrected chi connectivity index (χ1v) is 11.1. The molecule has 0 N–H and O–H groups in total. The van der Waals surface area contributed by atoms with Crippen LogP contribution in [-0.4, -0.2) is 0 Å². The van der Waals surface area contributed by atoms with E-state index in [2.05, 4.69) is 0 Å². The maximum atomic E-state index is 13.9. The number of nitriles is 1. The Labute approximate surface area is 168 Å². The van der Waals surface area contributed by atoms with Gasteiger partial charge in [0, 0.05) is 0 Å². The summed E-state index contributed by atoms with van der Waals surface area (Å²) in [4.78, 5) is 0. The lowest BCUT2D eigenvalue weighted by atomic mass is 9.74. The Kier molecular flexibility index (Phi) is 8.07. The SMILES string of the molecule is N#Cc1ccc([C@H]2CC[C@H](CC[C@H]3CC[C@H](CC/C=C/F)CC3)CC2)cc1F. The van der Waals surface area contributed by atoms with E-state index in [0.717, 1.165) is 49.0 Å². The summed E-state index contributed by atoms with van der Waals surface area (Å²) in [6, 6.07) is 7.04. The lowest BCUT2D eigenvalue weighted by Crippen LogP contribution is -2.18. The van der Waals surface area contributed by atoms with Gasteiger partial charge in [-0.25, -0.2) is 8.78 Å². The van der Waals surface area contributed by atoms with Crippen LogP contribution >= 0.6 is 0 Å². The van der Waals surface area contributed by atoms with E-state index in [0.29, 0.717) is 12.2 Å². The van der Waals surface area contributed by atoms with Gasteiger partial charge < -0.3 is 0 Å². The minimum Gasteiger partial charge on any atom is -0.216 e. The van der Waals surface area contributed by atoms with E-state index in [1.54, 1.807) is 18.2 Å². The fourth-order valence-electron chi connectivity index (χ4n) is 5.34. The van der Waals surface area contributed by atoms with Crippen molar-refractivity contribution in [1.82, 2.24) is 0 Å². The number of rotatable bonds is 7. The second-order valence-corrected chi connectivity index (χ2v) is 8.97. The fraction of sp³-hybridized carbons (Fsp3) is 0.640. The van der Waals surface area contributed by atoms with Crippen LogP contribution in [0.4, 0.5) is 8.78 Å². The van der Waals surface area contributed by atoms with Crippen molar-refractivity contribution in [3.8, 4) is 6.07 Å². The summed E-state index contributed by atoms with van der Waals surface area (Å²) >= 11 is 0. The average Bonchev–Trinajstić information content (AvgIpc) is 2.74. The van der Waals surface area contributed by atoms with Gasteiger partial charge in [0.05, 0.1) is 11.9 Å². The zero-order chi connectivity index (χ0) is 19.8. The third kappa shape index (κ3) is 5.90. The summed E-state index contributed by atoms with van der Waals surface area (Å²) in [5.41, 5.74) is 1.21. The van der Waals surface area contributed by atoms with E-state index in [1.165, 1.54) is 51.4 Å². The number of allylic oxidation sites excluding steroid dienone is 1. The minimum atomic E-state index is -0.376. The topological polar surface area (TPSA) is 23.8 Å². The van der Waals surface area contributed by atoms with Crippen molar-refractivity contribution in [1.29, 1.82) is 5.26 Å². The van der Waals surface area contributed by atoms with Crippen LogP contribution in [0.1, 0.15) is 94.1 Å². The van der Waals surface area contributed by atoms with E-state index in [4.69, 9.17) is 5.26 Å². The van der Waals surface area contributed by atoms with E-state index in [-0.39, 0.29) is 11.4 Å². The summed E-state index contributed by atoms with van der Waals surface area (Å²) in [6.45, 7) is 0. The van der Waals surface area contributed by atoms with Gasteiger partial charge in [-0.15, -0.1) is 0 Å². The molecule has 3 rings (SSSR count). The van der Waals surface area contributed by atoms with Crippen LogP contribution in [0.25, 0.3) is 0 Å². The van der Waals surface area contributed by atoms with Crippen LogP contribution in [0.5, 0.6) is 0 Å². The standard InChI is InChI=1S/C25H33F2N/c26-16-2-1-3-19-4-6-20(7-5-19)8-9-21-10-12-22(13-11-21)23-14-15-24(18-28)25(27)17-23/h2,14-17,19-22H,1,3-13H2/b16-2+/t19-,20-,21-,22-. The summed E-state index contributed by atoms with van der Waals surface area (Å²) in [6.07, 6.45) is 17.2. The Morgan fingerprint density at radius 1 is 0.893 bits per heavy atom. The first-order chi connectivity index (χ1) is 13.7. The maximum absolute atomic E-state index is 13.9.